The van der Waals surface area contributed by atoms with Gasteiger partial charge in [-0.2, -0.15) is 0 Å². The molecule has 0 aliphatic carbocycles. The highest BCUT2D eigenvalue weighted by Crippen LogP contribution is 2.17. The van der Waals surface area contributed by atoms with Crippen LogP contribution in [-0.4, -0.2) is 47.4 Å². The number of aliphatic hydroxyl groups excluding tert-OH is 2. The summed E-state index contributed by atoms with van der Waals surface area (Å²) in [5.74, 6) is -0.0508. The quantitative estimate of drug-likeness (QED) is 0.0322. The molecule has 0 aromatic rings. The topological polar surface area (TPSA) is 95.9 Å². The summed E-state index contributed by atoms with van der Waals surface area (Å²) in [5.41, 5.74) is 0. The highest BCUT2D eigenvalue weighted by atomic mass is 16.5. The number of allylic oxidation sites excluding steroid dienone is 2. The summed E-state index contributed by atoms with van der Waals surface area (Å²) in [6.45, 7) is 4.93. The fourth-order valence-electron chi connectivity index (χ4n) is 8.22. The van der Waals surface area contributed by atoms with Crippen LogP contribution in [0.25, 0.3) is 0 Å². The molecule has 6 nitrogen and oxygen atoms in total. The molecule has 0 bridgehead atoms. The van der Waals surface area contributed by atoms with E-state index in [0.29, 0.717) is 25.9 Å². The first-order valence-electron chi connectivity index (χ1n) is 26.4. The van der Waals surface area contributed by atoms with E-state index in [1.807, 2.05) is 0 Å². The van der Waals surface area contributed by atoms with E-state index in [-0.39, 0.29) is 18.5 Å². The second kappa shape index (κ2) is 49.3. The molecular formula is C53H103NO5. The van der Waals surface area contributed by atoms with Gasteiger partial charge in [-0.25, -0.2) is 0 Å². The van der Waals surface area contributed by atoms with Crippen LogP contribution in [0.5, 0.6) is 0 Å². The SMILES string of the molecule is CCCCCCC/C=C\CCCCCCCC(=O)OCCCCCCCCCCCCCCCCCC(=O)NC(CO)C(O)CCCCCCCCCCCCCCC. The van der Waals surface area contributed by atoms with E-state index in [0.717, 1.165) is 51.4 Å². The Bertz CT molecular complexity index is 878. The maximum Gasteiger partial charge on any atom is 0.305 e. The Kier molecular flexibility index (Phi) is 48.1. The van der Waals surface area contributed by atoms with Crippen molar-refractivity contribution in [2.75, 3.05) is 13.2 Å². The first-order chi connectivity index (χ1) is 29.0. The van der Waals surface area contributed by atoms with Gasteiger partial charge in [0.25, 0.3) is 0 Å². The number of hydrogen-bond donors (Lipinski definition) is 3. The number of ether oxygens (including phenoxy) is 1. The zero-order valence-corrected chi connectivity index (χ0v) is 39.7. The normalized spacial score (nSPS) is 12.7. The minimum atomic E-state index is -0.668. The van der Waals surface area contributed by atoms with E-state index in [2.05, 4.69) is 31.3 Å². The Morgan fingerprint density at radius 3 is 1.20 bits per heavy atom. The average molecular weight is 834 g/mol. The summed E-state index contributed by atoms with van der Waals surface area (Å²) < 4.78 is 5.46. The van der Waals surface area contributed by atoms with Gasteiger partial charge < -0.3 is 20.3 Å². The second-order valence-corrected chi connectivity index (χ2v) is 18.2. The molecule has 0 fully saturated rings. The van der Waals surface area contributed by atoms with Gasteiger partial charge in [-0.15, -0.1) is 0 Å². The van der Waals surface area contributed by atoms with E-state index in [1.54, 1.807) is 0 Å². The van der Waals surface area contributed by atoms with Crippen LogP contribution in [0.15, 0.2) is 12.2 Å². The summed E-state index contributed by atoms with van der Waals surface area (Å²) in [6, 6.07) is -0.546. The second-order valence-electron chi connectivity index (χ2n) is 18.2. The first kappa shape index (κ1) is 57.6. The lowest BCUT2D eigenvalue weighted by Crippen LogP contribution is -2.45. The van der Waals surface area contributed by atoms with Gasteiger partial charge >= 0.3 is 5.97 Å². The highest BCUT2D eigenvalue weighted by Gasteiger charge is 2.20. The molecule has 0 saturated heterocycles. The molecule has 0 radical (unpaired) electrons. The molecule has 1 amide bonds. The van der Waals surface area contributed by atoms with Crippen LogP contribution < -0.4 is 5.32 Å². The third-order valence-electron chi connectivity index (χ3n) is 12.3. The van der Waals surface area contributed by atoms with Crippen molar-refractivity contribution in [1.82, 2.24) is 5.32 Å². The van der Waals surface area contributed by atoms with Crippen LogP contribution in [0.3, 0.4) is 0 Å². The monoisotopic (exact) mass is 834 g/mol. The predicted octanol–water partition coefficient (Wildman–Crippen LogP) is 15.7. The Morgan fingerprint density at radius 2 is 0.797 bits per heavy atom. The molecule has 59 heavy (non-hydrogen) atoms. The molecule has 6 heteroatoms. The summed E-state index contributed by atoms with van der Waals surface area (Å²) in [7, 11) is 0. The maximum atomic E-state index is 12.4. The highest BCUT2D eigenvalue weighted by molar-refractivity contribution is 5.76. The van der Waals surface area contributed by atoms with Crippen LogP contribution in [-0.2, 0) is 14.3 Å². The molecule has 2 unspecified atom stereocenters. The summed E-state index contributed by atoms with van der Waals surface area (Å²) in [6.07, 6.45) is 56.1. The lowest BCUT2D eigenvalue weighted by molar-refractivity contribution is -0.143. The predicted molar refractivity (Wildman–Crippen MR) is 255 cm³/mol. The van der Waals surface area contributed by atoms with Crippen molar-refractivity contribution in [1.29, 1.82) is 0 Å². The minimum Gasteiger partial charge on any atom is -0.466 e. The van der Waals surface area contributed by atoms with Crippen molar-refractivity contribution in [3.8, 4) is 0 Å². The van der Waals surface area contributed by atoms with E-state index < -0.39 is 12.1 Å². The van der Waals surface area contributed by atoms with Gasteiger partial charge in [0.15, 0.2) is 0 Å². The number of hydrogen-bond acceptors (Lipinski definition) is 5. The number of aliphatic hydroxyl groups is 2. The Hall–Kier alpha value is -1.40. The Morgan fingerprint density at radius 1 is 0.458 bits per heavy atom. The molecule has 3 N–H and O–H groups in total. The van der Waals surface area contributed by atoms with Gasteiger partial charge in [0.1, 0.15) is 0 Å². The van der Waals surface area contributed by atoms with Gasteiger partial charge in [-0.3, -0.25) is 9.59 Å². The maximum absolute atomic E-state index is 12.4. The molecule has 0 aromatic heterocycles. The average Bonchev–Trinajstić information content (AvgIpc) is 3.24. The van der Waals surface area contributed by atoms with Crippen LogP contribution in [0.2, 0.25) is 0 Å². The fourth-order valence-corrected chi connectivity index (χ4v) is 8.22. The largest absolute Gasteiger partial charge is 0.466 e. The minimum absolute atomic E-state index is 0.00764. The van der Waals surface area contributed by atoms with Gasteiger partial charge in [0.2, 0.25) is 5.91 Å². The molecule has 0 saturated carbocycles. The van der Waals surface area contributed by atoms with Gasteiger partial charge in [-0.1, -0.05) is 238 Å². The number of carbonyl (C=O) groups excluding carboxylic acids is 2. The number of amides is 1. The zero-order chi connectivity index (χ0) is 43.0. The number of unbranched alkanes of at least 4 members (excludes halogenated alkanes) is 36. The van der Waals surface area contributed by atoms with E-state index >= 15 is 0 Å². The molecule has 0 aliphatic heterocycles. The Labute approximate surface area is 368 Å². The molecule has 350 valence electrons. The fraction of sp³-hybridized carbons (Fsp3) is 0.925. The summed E-state index contributed by atoms with van der Waals surface area (Å²) >= 11 is 0. The van der Waals surface area contributed by atoms with Gasteiger partial charge in [-0.05, 0) is 51.4 Å². The molecule has 0 heterocycles. The van der Waals surface area contributed by atoms with Crippen molar-refractivity contribution < 1.29 is 24.5 Å². The van der Waals surface area contributed by atoms with Gasteiger partial charge in [0.05, 0.1) is 25.4 Å². The van der Waals surface area contributed by atoms with Crippen molar-refractivity contribution in [3.05, 3.63) is 12.2 Å². The standard InChI is InChI=1S/C53H103NO5/c1-3-5-7-9-11-13-15-17-23-27-31-35-39-43-47-53(58)59-48-44-40-36-32-28-24-20-18-19-22-26-30-34-38-42-46-52(57)54-50(49-55)51(56)45-41-37-33-29-25-21-16-14-12-10-8-6-4-2/h15,17,50-51,55-56H,3-14,16,18-49H2,1-2H3,(H,54,57)/b17-15-. The smallest absolute Gasteiger partial charge is 0.305 e. The third-order valence-corrected chi connectivity index (χ3v) is 12.3. The van der Waals surface area contributed by atoms with E-state index in [1.165, 1.54) is 205 Å². The number of nitrogens with one attached hydrogen (secondary N) is 1. The van der Waals surface area contributed by atoms with E-state index in [4.69, 9.17) is 4.74 Å². The van der Waals surface area contributed by atoms with Gasteiger partial charge in [0, 0.05) is 12.8 Å². The van der Waals surface area contributed by atoms with Crippen molar-refractivity contribution in [2.24, 2.45) is 0 Å². The molecule has 0 spiro atoms. The lowest BCUT2D eigenvalue weighted by Gasteiger charge is -2.22. The van der Waals surface area contributed by atoms with Crippen LogP contribution >= 0.6 is 0 Å². The van der Waals surface area contributed by atoms with Crippen molar-refractivity contribution >= 4 is 11.9 Å². The van der Waals surface area contributed by atoms with Crippen LogP contribution in [0, 0.1) is 0 Å². The molecular weight excluding hydrogens is 731 g/mol. The van der Waals surface area contributed by atoms with Crippen LogP contribution in [0.1, 0.15) is 290 Å². The lowest BCUT2D eigenvalue weighted by atomic mass is 10.0. The van der Waals surface area contributed by atoms with Crippen molar-refractivity contribution in [3.63, 3.8) is 0 Å². The molecule has 0 aliphatic rings. The molecule has 2 atom stereocenters. The first-order valence-corrected chi connectivity index (χ1v) is 26.4. The number of carbonyl (C=O) groups is 2. The number of rotatable bonds is 49. The van der Waals surface area contributed by atoms with Crippen molar-refractivity contribution in [2.45, 2.75) is 302 Å². The number of esters is 1. The summed E-state index contributed by atoms with van der Waals surface area (Å²) in [4.78, 5) is 24.5. The summed E-state index contributed by atoms with van der Waals surface area (Å²) in [5, 5.41) is 23.2. The van der Waals surface area contributed by atoms with Crippen LogP contribution in [0.4, 0.5) is 0 Å². The molecule has 0 rings (SSSR count). The third kappa shape index (κ3) is 45.9. The zero-order valence-electron chi connectivity index (χ0n) is 39.7. The van der Waals surface area contributed by atoms with E-state index in [9.17, 15) is 19.8 Å². The Balaban J connectivity index is 3.43. The molecule has 0 aromatic carbocycles.